The average Bonchev–Trinajstić information content (AvgIpc) is 2.67. The van der Waals surface area contributed by atoms with Crippen LogP contribution in [0, 0.1) is 11.3 Å². The van der Waals surface area contributed by atoms with Crippen molar-refractivity contribution in [2.24, 2.45) is 0 Å². The molecule has 1 N–H and O–H groups in total. The highest BCUT2D eigenvalue weighted by atomic mass is 32.2. The van der Waals surface area contributed by atoms with Crippen molar-refractivity contribution in [2.75, 3.05) is 17.7 Å². The number of para-hydroxylation sites is 1. The van der Waals surface area contributed by atoms with Gasteiger partial charge in [-0.2, -0.15) is 5.26 Å². The lowest BCUT2D eigenvalue weighted by molar-refractivity contribution is 0.102. The molecule has 136 valence electrons. The summed E-state index contributed by atoms with van der Waals surface area (Å²) in [7, 11) is 0. The number of nitrogens with one attached hydrogen (secondary N) is 1. The molecule has 2 aromatic carbocycles. The molecule has 2 rings (SSSR count). The van der Waals surface area contributed by atoms with Gasteiger partial charge in [0.1, 0.15) is 5.75 Å². The van der Waals surface area contributed by atoms with E-state index < -0.39 is 0 Å². The topological polar surface area (TPSA) is 62.1 Å². The molecule has 0 fully saturated rings. The van der Waals surface area contributed by atoms with E-state index in [1.54, 1.807) is 23.9 Å². The van der Waals surface area contributed by atoms with Gasteiger partial charge >= 0.3 is 0 Å². The van der Waals surface area contributed by atoms with Gasteiger partial charge in [0.2, 0.25) is 0 Å². The molecule has 4 nitrogen and oxygen atoms in total. The number of nitrogens with zero attached hydrogens (tertiary/aromatic N) is 1. The number of amides is 1. The molecule has 0 aromatic heterocycles. The number of ether oxygens (including phenoxy) is 1. The third-order valence-electron chi connectivity index (χ3n) is 3.74. The van der Waals surface area contributed by atoms with Crippen LogP contribution in [0.5, 0.6) is 5.75 Å². The minimum Gasteiger partial charge on any atom is -0.494 e. The van der Waals surface area contributed by atoms with Gasteiger partial charge in [-0.25, -0.2) is 0 Å². The second kappa shape index (κ2) is 11.2. The number of hydrogen-bond donors (Lipinski definition) is 1. The Balaban J connectivity index is 1.94. The fraction of sp³-hybridized carbons (Fsp3) is 0.333. The van der Waals surface area contributed by atoms with E-state index in [1.807, 2.05) is 36.4 Å². The van der Waals surface area contributed by atoms with Crippen molar-refractivity contribution in [1.82, 2.24) is 0 Å². The molecular weight excluding hydrogens is 344 g/mol. The predicted molar refractivity (Wildman–Crippen MR) is 107 cm³/mol. The smallest absolute Gasteiger partial charge is 0.255 e. The summed E-state index contributed by atoms with van der Waals surface area (Å²) in [4.78, 5) is 13.5. The highest BCUT2D eigenvalue weighted by Crippen LogP contribution is 2.28. The Morgan fingerprint density at radius 3 is 2.65 bits per heavy atom. The van der Waals surface area contributed by atoms with Crippen molar-refractivity contribution in [3.63, 3.8) is 0 Å². The first-order valence-electron chi connectivity index (χ1n) is 8.87. The second-order valence-electron chi connectivity index (χ2n) is 5.79. The van der Waals surface area contributed by atoms with E-state index in [0.717, 1.165) is 29.2 Å². The van der Waals surface area contributed by atoms with Crippen LogP contribution >= 0.6 is 11.8 Å². The maximum atomic E-state index is 12.5. The molecule has 0 radical (unpaired) electrons. The lowest BCUT2D eigenvalue weighted by Gasteiger charge is -2.11. The molecule has 0 aliphatic carbocycles. The van der Waals surface area contributed by atoms with E-state index >= 15 is 0 Å². The standard InChI is InChI=1S/C21H24N2O2S/c1-2-3-6-15-25-18-12-10-17(11-13-18)21(24)23-19-8-4-5-9-20(19)26-16-7-14-22/h4-5,8-13H,2-3,6-7,15-16H2,1H3,(H,23,24). The highest BCUT2D eigenvalue weighted by Gasteiger charge is 2.09. The van der Waals surface area contributed by atoms with E-state index in [9.17, 15) is 4.79 Å². The first kappa shape index (κ1) is 19.9. The zero-order valence-corrected chi connectivity index (χ0v) is 15.8. The summed E-state index contributed by atoms with van der Waals surface area (Å²) in [6.45, 7) is 2.86. The molecule has 0 saturated heterocycles. The Morgan fingerprint density at radius 2 is 1.92 bits per heavy atom. The maximum Gasteiger partial charge on any atom is 0.255 e. The van der Waals surface area contributed by atoms with Crippen LogP contribution in [0.2, 0.25) is 0 Å². The normalized spacial score (nSPS) is 10.2. The summed E-state index contributed by atoms with van der Waals surface area (Å²) >= 11 is 1.57. The molecule has 0 aliphatic heterocycles. The number of hydrogen-bond acceptors (Lipinski definition) is 4. The Kier molecular flexibility index (Phi) is 8.57. The van der Waals surface area contributed by atoms with E-state index in [0.29, 0.717) is 24.3 Å². The summed E-state index contributed by atoms with van der Waals surface area (Å²) in [6.07, 6.45) is 3.84. The number of carbonyl (C=O) groups is 1. The predicted octanol–water partition coefficient (Wildman–Crippen LogP) is 5.51. The van der Waals surface area contributed by atoms with Crippen LogP contribution < -0.4 is 10.1 Å². The third-order valence-corrected chi connectivity index (χ3v) is 4.82. The average molecular weight is 369 g/mol. The lowest BCUT2D eigenvalue weighted by atomic mass is 10.2. The van der Waals surface area contributed by atoms with Gasteiger partial charge < -0.3 is 10.1 Å². The van der Waals surface area contributed by atoms with Crippen molar-refractivity contribution < 1.29 is 9.53 Å². The Bertz CT molecular complexity index is 738. The molecule has 1 amide bonds. The number of rotatable bonds is 10. The van der Waals surface area contributed by atoms with Gasteiger partial charge in [-0.15, -0.1) is 11.8 Å². The van der Waals surface area contributed by atoms with Gasteiger partial charge in [-0.3, -0.25) is 4.79 Å². The monoisotopic (exact) mass is 368 g/mol. The Hall–Kier alpha value is -2.45. The largest absolute Gasteiger partial charge is 0.494 e. The molecule has 0 atom stereocenters. The zero-order valence-electron chi connectivity index (χ0n) is 15.0. The van der Waals surface area contributed by atoms with Gasteiger partial charge in [0, 0.05) is 22.6 Å². The third kappa shape index (κ3) is 6.45. The van der Waals surface area contributed by atoms with Crippen LogP contribution in [-0.2, 0) is 0 Å². The van der Waals surface area contributed by atoms with Gasteiger partial charge in [-0.05, 0) is 42.8 Å². The van der Waals surface area contributed by atoms with Crippen molar-refractivity contribution in [3.05, 3.63) is 54.1 Å². The molecule has 0 unspecified atom stereocenters. The van der Waals surface area contributed by atoms with E-state index in [2.05, 4.69) is 18.3 Å². The van der Waals surface area contributed by atoms with E-state index in [-0.39, 0.29) is 5.91 Å². The van der Waals surface area contributed by atoms with Crippen molar-refractivity contribution in [2.45, 2.75) is 37.5 Å². The first-order chi connectivity index (χ1) is 12.7. The Morgan fingerprint density at radius 1 is 1.15 bits per heavy atom. The summed E-state index contributed by atoms with van der Waals surface area (Å²) in [5, 5.41) is 11.6. The van der Waals surface area contributed by atoms with Crippen LogP contribution in [0.4, 0.5) is 5.69 Å². The SMILES string of the molecule is CCCCCOc1ccc(C(=O)Nc2ccccc2SCCC#N)cc1. The highest BCUT2D eigenvalue weighted by molar-refractivity contribution is 7.99. The number of benzene rings is 2. The number of carbonyl (C=O) groups excluding carboxylic acids is 1. The molecular formula is C21H24N2O2S. The fourth-order valence-electron chi connectivity index (χ4n) is 2.34. The molecule has 0 heterocycles. The minimum atomic E-state index is -0.157. The van der Waals surface area contributed by atoms with Crippen LogP contribution in [-0.4, -0.2) is 18.3 Å². The fourth-order valence-corrected chi connectivity index (χ4v) is 3.20. The minimum absolute atomic E-state index is 0.157. The van der Waals surface area contributed by atoms with Crippen molar-refractivity contribution in [3.8, 4) is 11.8 Å². The van der Waals surface area contributed by atoms with E-state index in [4.69, 9.17) is 10.00 Å². The molecule has 0 spiro atoms. The summed E-state index contributed by atoms with van der Waals surface area (Å²) < 4.78 is 5.67. The lowest BCUT2D eigenvalue weighted by Crippen LogP contribution is -2.12. The number of nitriles is 1. The zero-order chi connectivity index (χ0) is 18.6. The van der Waals surface area contributed by atoms with Crippen LogP contribution in [0.25, 0.3) is 0 Å². The van der Waals surface area contributed by atoms with Crippen molar-refractivity contribution in [1.29, 1.82) is 5.26 Å². The first-order valence-corrected chi connectivity index (χ1v) is 9.86. The quantitative estimate of drug-likeness (QED) is 0.443. The Labute approximate surface area is 159 Å². The summed E-state index contributed by atoms with van der Waals surface area (Å²) in [5.74, 6) is 1.33. The van der Waals surface area contributed by atoms with E-state index in [1.165, 1.54) is 6.42 Å². The molecule has 0 bridgehead atoms. The van der Waals surface area contributed by atoms with Gasteiger partial charge in [-0.1, -0.05) is 31.9 Å². The number of anilines is 1. The molecule has 26 heavy (non-hydrogen) atoms. The van der Waals surface area contributed by atoms with Gasteiger partial charge in [0.15, 0.2) is 0 Å². The van der Waals surface area contributed by atoms with Crippen LogP contribution in [0.3, 0.4) is 0 Å². The van der Waals surface area contributed by atoms with Gasteiger partial charge in [0.05, 0.1) is 18.4 Å². The van der Waals surface area contributed by atoms with Crippen molar-refractivity contribution >= 4 is 23.4 Å². The van der Waals surface area contributed by atoms with Gasteiger partial charge in [0.25, 0.3) is 5.91 Å². The summed E-state index contributed by atoms with van der Waals surface area (Å²) in [6, 6.07) is 17.0. The second-order valence-corrected chi connectivity index (χ2v) is 6.92. The molecule has 5 heteroatoms. The maximum absolute atomic E-state index is 12.5. The van der Waals surface area contributed by atoms with Crippen LogP contribution in [0.1, 0.15) is 43.0 Å². The number of unbranched alkanes of at least 4 members (excludes halogenated alkanes) is 2. The number of thioether (sulfide) groups is 1. The molecule has 0 saturated carbocycles. The van der Waals surface area contributed by atoms with Crippen LogP contribution in [0.15, 0.2) is 53.4 Å². The molecule has 0 aliphatic rings. The summed E-state index contributed by atoms with van der Waals surface area (Å²) in [5.41, 5.74) is 1.35. The molecule has 2 aromatic rings.